The van der Waals surface area contributed by atoms with Gasteiger partial charge in [0.25, 0.3) is 0 Å². The van der Waals surface area contributed by atoms with E-state index >= 15 is 0 Å². The van der Waals surface area contributed by atoms with Gasteiger partial charge < -0.3 is 15.2 Å². The van der Waals surface area contributed by atoms with Crippen molar-refractivity contribution in [2.24, 2.45) is 0 Å². The van der Waals surface area contributed by atoms with Crippen molar-refractivity contribution in [1.29, 1.82) is 0 Å². The molecule has 0 bridgehead atoms. The van der Waals surface area contributed by atoms with E-state index in [9.17, 15) is 9.59 Å². The van der Waals surface area contributed by atoms with Crippen LogP contribution in [-0.4, -0.2) is 25.2 Å². The lowest BCUT2D eigenvalue weighted by Gasteiger charge is -2.03. The van der Waals surface area contributed by atoms with Gasteiger partial charge in [-0.2, -0.15) is 0 Å². The summed E-state index contributed by atoms with van der Waals surface area (Å²) >= 11 is 0. The summed E-state index contributed by atoms with van der Waals surface area (Å²) in [4.78, 5) is 24.5. The minimum atomic E-state index is -0.584. The van der Waals surface area contributed by atoms with E-state index in [1.807, 2.05) is 0 Å². The molecule has 0 aromatic carbocycles. The van der Waals surface area contributed by atoms with Crippen LogP contribution in [0, 0.1) is 12.3 Å². The third kappa shape index (κ3) is 2.97. The van der Waals surface area contributed by atoms with Crippen LogP contribution < -0.4 is 5.73 Å². The maximum absolute atomic E-state index is 12.2. The number of carbonyl (C=O) groups is 2. The highest BCUT2D eigenvalue weighted by Crippen LogP contribution is 2.39. The molecule has 0 atom stereocenters. The summed E-state index contributed by atoms with van der Waals surface area (Å²) in [6.45, 7) is 3.80. The van der Waals surface area contributed by atoms with Gasteiger partial charge in [-0.3, -0.25) is 0 Å². The van der Waals surface area contributed by atoms with Crippen LogP contribution in [-0.2, 0) is 9.47 Å². The molecule has 5 heteroatoms. The Bertz CT molecular complexity index is 718. The number of carbonyl (C=O) groups excluding carboxylic acids is 2. The SMILES string of the molecule is C#Cc1ccc2c(C(=O)OCC)c(N)c(C(=O)OCC)c-2cc1. The highest BCUT2D eigenvalue weighted by atomic mass is 16.5. The molecule has 0 radical (unpaired) electrons. The maximum atomic E-state index is 12.2. The fourth-order valence-electron chi connectivity index (χ4n) is 2.38. The van der Waals surface area contributed by atoms with Gasteiger partial charge in [0.1, 0.15) is 0 Å². The highest BCUT2D eigenvalue weighted by molar-refractivity contribution is 6.15. The minimum absolute atomic E-state index is 0.0605. The molecule has 0 amide bonds. The molecule has 23 heavy (non-hydrogen) atoms. The number of esters is 2. The Balaban J connectivity index is 2.76. The van der Waals surface area contributed by atoms with Crippen LogP contribution in [0.25, 0.3) is 11.1 Å². The van der Waals surface area contributed by atoms with Crippen molar-refractivity contribution >= 4 is 17.6 Å². The highest BCUT2D eigenvalue weighted by Gasteiger charge is 2.30. The van der Waals surface area contributed by atoms with Crippen molar-refractivity contribution in [2.75, 3.05) is 18.9 Å². The van der Waals surface area contributed by atoms with E-state index in [0.717, 1.165) is 0 Å². The van der Waals surface area contributed by atoms with Crippen LogP contribution in [0.3, 0.4) is 0 Å². The van der Waals surface area contributed by atoms with Crippen molar-refractivity contribution in [3.05, 3.63) is 41.0 Å². The van der Waals surface area contributed by atoms with Crippen LogP contribution in [0.2, 0.25) is 0 Å². The molecule has 0 spiro atoms. The number of fused-ring (bicyclic) bond motifs is 1. The van der Waals surface area contributed by atoms with E-state index in [1.54, 1.807) is 38.1 Å². The topological polar surface area (TPSA) is 78.6 Å². The first-order chi connectivity index (χ1) is 11.0. The molecule has 2 N–H and O–H groups in total. The Morgan fingerprint density at radius 2 is 1.43 bits per heavy atom. The average molecular weight is 311 g/mol. The van der Waals surface area contributed by atoms with Crippen molar-refractivity contribution < 1.29 is 19.1 Å². The zero-order chi connectivity index (χ0) is 17.0. The van der Waals surface area contributed by atoms with Crippen LogP contribution in [0.15, 0.2) is 24.3 Å². The van der Waals surface area contributed by atoms with Gasteiger partial charge in [-0.1, -0.05) is 18.1 Å². The molecule has 2 rings (SSSR count). The summed E-state index contributed by atoms with van der Waals surface area (Å²) in [5, 5.41) is 0. The average Bonchev–Trinajstić information content (AvgIpc) is 2.66. The third-order valence-electron chi connectivity index (χ3n) is 3.35. The number of anilines is 1. The number of ether oxygens (including phenoxy) is 2. The van der Waals surface area contributed by atoms with E-state index in [-0.39, 0.29) is 30.0 Å². The van der Waals surface area contributed by atoms with Crippen molar-refractivity contribution in [2.45, 2.75) is 13.8 Å². The van der Waals surface area contributed by atoms with Gasteiger partial charge in [0.05, 0.1) is 30.0 Å². The third-order valence-corrected chi connectivity index (χ3v) is 3.35. The number of rotatable bonds is 4. The Morgan fingerprint density at radius 1 is 1.00 bits per heavy atom. The Labute approximate surface area is 134 Å². The molecular weight excluding hydrogens is 294 g/mol. The van der Waals surface area contributed by atoms with Gasteiger partial charge in [-0.05, 0) is 37.1 Å². The summed E-state index contributed by atoms with van der Waals surface area (Å²) in [5.41, 5.74) is 8.05. The number of nitrogen functional groups attached to an aromatic ring is 1. The Morgan fingerprint density at radius 3 is 1.78 bits per heavy atom. The molecule has 2 aliphatic carbocycles. The second-order valence-corrected chi connectivity index (χ2v) is 4.70. The quantitative estimate of drug-likeness (QED) is 0.694. The van der Waals surface area contributed by atoms with Gasteiger partial charge in [-0.25, -0.2) is 9.59 Å². The lowest BCUT2D eigenvalue weighted by Crippen LogP contribution is -2.09. The lowest BCUT2D eigenvalue weighted by molar-refractivity contribution is 0.0525. The fraction of sp³-hybridized carbons (Fsp3) is 0.222. The fourth-order valence-corrected chi connectivity index (χ4v) is 2.38. The second kappa shape index (κ2) is 6.84. The molecule has 0 aliphatic heterocycles. The number of hydrogen-bond donors (Lipinski definition) is 1. The smallest absolute Gasteiger partial charge is 0.340 e. The molecule has 0 aromatic rings. The zero-order valence-electron chi connectivity index (χ0n) is 13.0. The molecule has 2 aliphatic rings. The molecule has 0 heterocycles. The lowest BCUT2D eigenvalue weighted by atomic mass is 10.1. The first-order valence-electron chi connectivity index (χ1n) is 7.21. The van der Waals surface area contributed by atoms with Crippen LogP contribution in [0.4, 0.5) is 5.69 Å². The van der Waals surface area contributed by atoms with Gasteiger partial charge >= 0.3 is 11.9 Å². The minimum Gasteiger partial charge on any atom is -0.462 e. The normalized spacial score (nSPS) is 10.1. The Hall–Kier alpha value is -3.00. The maximum Gasteiger partial charge on any atom is 0.340 e. The van der Waals surface area contributed by atoms with Crippen LogP contribution in [0.1, 0.15) is 40.1 Å². The summed E-state index contributed by atoms with van der Waals surface area (Å²) < 4.78 is 10.1. The van der Waals surface area contributed by atoms with E-state index in [0.29, 0.717) is 16.7 Å². The van der Waals surface area contributed by atoms with Crippen molar-refractivity contribution in [3.63, 3.8) is 0 Å². The summed E-state index contributed by atoms with van der Waals surface area (Å²) in [7, 11) is 0. The van der Waals surface area contributed by atoms with Gasteiger partial charge in [0.15, 0.2) is 0 Å². The van der Waals surface area contributed by atoms with E-state index < -0.39 is 11.9 Å². The molecular formula is C18H17NO4. The molecule has 0 saturated carbocycles. The largest absolute Gasteiger partial charge is 0.462 e. The van der Waals surface area contributed by atoms with Crippen LogP contribution in [0.5, 0.6) is 0 Å². The predicted molar refractivity (Wildman–Crippen MR) is 87.3 cm³/mol. The number of hydrogen-bond acceptors (Lipinski definition) is 5. The molecule has 0 aromatic heterocycles. The van der Waals surface area contributed by atoms with Crippen molar-refractivity contribution in [3.8, 4) is 23.5 Å². The van der Waals surface area contributed by atoms with Crippen molar-refractivity contribution in [1.82, 2.24) is 0 Å². The standard InChI is InChI=1S/C18H17NO4/c1-4-11-7-9-12-13(10-8-11)15(18(21)23-6-3)16(19)14(12)17(20)22-5-2/h1,7-10H,5-6,19H2,2-3H3. The van der Waals surface area contributed by atoms with Crippen LogP contribution >= 0.6 is 0 Å². The molecule has 0 saturated heterocycles. The van der Waals surface area contributed by atoms with Gasteiger partial charge in [0.2, 0.25) is 0 Å². The second-order valence-electron chi connectivity index (χ2n) is 4.70. The first kappa shape index (κ1) is 16.4. The summed E-state index contributed by atoms with van der Waals surface area (Å²) in [5.74, 6) is 1.34. The Kier molecular flexibility index (Phi) is 4.87. The first-order valence-corrected chi connectivity index (χ1v) is 7.21. The molecule has 5 nitrogen and oxygen atoms in total. The number of terminal acetylenes is 1. The summed E-state index contributed by atoms with van der Waals surface area (Å²) in [6, 6.07) is 6.69. The summed E-state index contributed by atoms with van der Waals surface area (Å²) in [6.07, 6.45) is 5.40. The monoisotopic (exact) mass is 311 g/mol. The van der Waals surface area contributed by atoms with Gasteiger partial charge in [-0.15, -0.1) is 6.42 Å². The van der Waals surface area contributed by atoms with E-state index in [1.165, 1.54) is 0 Å². The predicted octanol–water partition coefficient (Wildman–Crippen LogP) is 2.71. The van der Waals surface area contributed by atoms with Gasteiger partial charge in [0, 0.05) is 5.56 Å². The molecule has 0 fully saturated rings. The van der Waals surface area contributed by atoms with E-state index in [2.05, 4.69) is 5.92 Å². The molecule has 0 unspecified atom stereocenters. The molecule has 118 valence electrons. The van der Waals surface area contributed by atoms with E-state index in [4.69, 9.17) is 21.6 Å². The number of nitrogens with two attached hydrogens (primary N) is 1. The zero-order valence-corrected chi connectivity index (χ0v) is 13.0.